The molecule has 1 aromatic carbocycles. The zero-order valence-corrected chi connectivity index (χ0v) is 12.0. The van der Waals surface area contributed by atoms with Gasteiger partial charge in [0, 0.05) is 11.7 Å². The van der Waals surface area contributed by atoms with E-state index in [4.69, 9.17) is 5.26 Å². The molecule has 0 aromatic heterocycles. The van der Waals surface area contributed by atoms with Gasteiger partial charge < -0.3 is 5.32 Å². The van der Waals surface area contributed by atoms with Gasteiger partial charge in [0.2, 0.25) is 0 Å². The van der Waals surface area contributed by atoms with Crippen LogP contribution in [0.25, 0.3) is 0 Å². The molecule has 1 N–H and O–H groups in total. The average molecular weight is 244 g/mol. The lowest BCUT2D eigenvalue weighted by atomic mass is 9.86. The summed E-state index contributed by atoms with van der Waals surface area (Å²) in [6, 6.07) is 11.0. The van der Waals surface area contributed by atoms with Crippen LogP contribution in [0.5, 0.6) is 0 Å². The summed E-state index contributed by atoms with van der Waals surface area (Å²) in [6.07, 6.45) is 3.69. The Morgan fingerprint density at radius 2 is 1.89 bits per heavy atom. The van der Waals surface area contributed by atoms with Crippen LogP contribution in [0.15, 0.2) is 24.3 Å². The van der Waals surface area contributed by atoms with Gasteiger partial charge in [0.25, 0.3) is 0 Å². The number of nitrogens with one attached hydrogen (secondary N) is 1. The molecule has 0 saturated carbocycles. The lowest BCUT2D eigenvalue weighted by Gasteiger charge is -2.18. The number of anilines is 1. The van der Waals surface area contributed by atoms with Crippen LogP contribution in [-0.2, 0) is 5.41 Å². The lowest BCUT2D eigenvalue weighted by molar-refractivity contribution is 0.645. The summed E-state index contributed by atoms with van der Waals surface area (Å²) < 4.78 is 0. The topological polar surface area (TPSA) is 35.8 Å². The molecule has 1 atom stereocenters. The average Bonchev–Trinajstić information content (AvgIpc) is 2.37. The zero-order chi connectivity index (χ0) is 13.6. The van der Waals surface area contributed by atoms with Gasteiger partial charge in [-0.2, -0.15) is 5.26 Å². The van der Waals surface area contributed by atoms with E-state index in [0.29, 0.717) is 6.04 Å². The molecular formula is C16H24N2. The summed E-state index contributed by atoms with van der Waals surface area (Å²) in [5, 5.41) is 12.6. The first-order valence-electron chi connectivity index (χ1n) is 6.78. The number of unbranched alkanes of at least 4 members (excludes halogenated alkanes) is 1. The Hall–Kier alpha value is -1.49. The zero-order valence-electron chi connectivity index (χ0n) is 12.0. The molecule has 0 aliphatic carbocycles. The molecule has 0 fully saturated rings. The van der Waals surface area contributed by atoms with Gasteiger partial charge in [-0.15, -0.1) is 0 Å². The van der Waals surface area contributed by atoms with Crippen LogP contribution in [0.1, 0.15) is 52.5 Å². The van der Waals surface area contributed by atoms with Gasteiger partial charge in [-0.25, -0.2) is 0 Å². The maximum Gasteiger partial charge on any atom is 0.0766 e. The van der Waals surface area contributed by atoms with Gasteiger partial charge in [-0.05, 0) is 44.9 Å². The Morgan fingerprint density at radius 3 is 2.39 bits per heavy atom. The minimum absolute atomic E-state index is 0.410. The van der Waals surface area contributed by atoms with Crippen LogP contribution in [0.4, 0.5) is 5.69 Å². The normalized spacial score (nSPS) is 12.8. The minimum atomic E-state index is -0.410. The van der Waals surface area contributed by atoms with Crippen molar-refractivity contribution in [2.24, 2.45) is 0 Å². The first kappa shape index (κ1) is 14.6. The summed E-state index contributed by atoms with van der Waals surface area (Å²) in [4.78, 5) is 0. The van der Waals surface area contributed by atoms with Crippen LogP contribution >= 0.6 is 0 Å². The molecular weight excluding hydrogens is 220 g/mol. The second kappa shape index (κ2) is 6.44. The third-order valence-corrected chi connectivity index (χ3v) is 3.29. The molecule has 1 aromatic rings. The highest BCUT2D eigenvalue weighted by molar-refractivity contribution is 5.47. The Morgan fingerprint density at radius 1 is 1.28 bits per heavy atom. The predicted octanol–water partition coefficient (Wildman–Crippen LogP) is 4.48. The first-order valence-corrected chi connectivity index (χ1v) is 6.78. The van der Waals surface area contributed by atoms with Gasteiger partial charge in [0.05, 0.1) is 11.5 Å². The number of rotatable bonds is 6. The van der Waals surface area contributed by atoms with Crippen molar-refractivity contribution in [3.05, 3.63) is 29.8 Å². The Bertz CT molecular complexity index is 398. The second-order valence-electron chi connectivity index (χ2n) is 5.50. The third kappa shape index (κ3) is 4.07. The van der Waals surface area contributed by atoms with Gasteiger partial charge >= 0.3 is 0 Å². The van der Waals surface area contributed by atoms with Crippen LogP contribution < -0.4 is 5.32 Å². The number of nitriles is 1. The largest absolute Gasteiger partial charge is 0.383 e. The first-order chi connectivity index (χ1) is 8.49. The molecule has 0 bridgehead atoms. The summed E-state index contributed by atoms with van der Waals surface area (Å²) in [5.74, 6) is 0. The smallest absolute Gasteiger partial charge is 0.0766 e. The number of hydrogen-bond donors (Lipinski definition) is 1. The van der Waals surface area contributed by atoms with E-state index in [1.807, 2.05) is 26.0 Å². The van der Waals surface area contributed by atoms with E-state index in [-0.39, 0.29) is 0 Å². The van der Waals surface area contributed by atoms with Crippen molar-refractivity contribution in [1.29, 1.82) is 5.26 Å². The standard InChI is InChI=1S/C16H24N2/c1-5-6-7-13(2)18-15-10-8-14(9-11-15)16(3,4)12-17/h8-11,13,18H,5-7H2,1-4H3. The second-order valence-corrected chi connectivity index (χ2v) is 5.50. The lowest BCUT2D eigenvalue weighted by Crippen LogP contribution is -2.16. The quantitative estimate of drug-likeness (QED) is 0.801. The van der Waals surface area contributed by atoms with Crippen molar-refractivity contribution in [1.82, 2.24) is 0 Å². The number of benzene rings is 1. The fourth-order valence-corrected chi connectivity index (χ4v) is 1.91. The number of hydrogen-bond acceptors (Lipinski definition) is 2. The highest BCUT2D eigenvalue weighted by Gasteiger charge is 2.19. The van der Waals surface area contributed by atoms with E-state index in [0.717, 1.165) is 11.3 Å². The van der Waals surface area contributed by atoms with Crippen molar-refractivity contribution in [3.8, 4) is 6.07 Å². The van der Waals surface area contributed by atoms with E-state index < -0.39 is 5.41 Å². The molecule has 1 unspecified atom stereocenters. The molecule has 1 rings (SSSR count). The van der Waals surface area contributed by atoms with Gasteiger partial charge in [0.1, 0.15) is 0 Å². The molecule has 0 spiro atoms. The van der Waals surface area contributed by atoms with Crippen molar-refractivity contribution < 1.29 is 0 Å². The highest BCUT2D eigenvalue weighted by atomic mass is 14.9. The molecule has 2 nitrogen and oxygen atoms in total. The van der Waals surface area contributed by atoms with Crippen LogP contribution in [-0.4, -0.2) is 6.04 Å². The van der Waals surface area contributed by atoms with E-state index in [2.05, 4.69) is 37.4 Å². The molecule has 0 saturated heterocycles. The Balaban J connectivity index is 2.64. The summed E-state index contributed by atoms with van der Waals surface area (Å²) >= 11 is 0. The molecule has 2 heteroatoms. The van der Waals surface area contributed by atoms with E-state index in [9.17, 15) is 0 Å². The molecule has 98 valence electrons. The van der Waals surface area contributed by atoms with E-state index >= 15 is 0 Å². The minimum Gasteiger partial charge on any atom is -0.383 e. The van der Waals surface area contributed by atoms with Crippen molar-refractivity contribution in [3.63, 3.8) is 0 Å². The Labute approximate surface area is 111 Å². The summed E-state index contributed by atoms with van der Waals surface area (Å²) in [7, 11) is 0. The fourth-order valence-electron chi connectivity index (χ4n) is 1.91. The van der Waals surface area contributed by atoms with Crippen LogP contribution in [0, 0.1) is 11.3 Å². The SMILES string of the molecule is CCCCC(C)Nc1ccc(C(C)(C)C#N)cc1. The maximum absolute atomic E-state index is 9.09. The molecule has 0 heterocycles. The molecule has 18 heavy (non-hydrogen) atoms. The monoisotopic (exact) mass is 244 g/mol. The summed E-state index contributed by atoms with van der Waals surface area (Å²) in [5.41, 5.74) is 1.79. The van der Waals surface area contributed by atoms with Gasteiger partial charge in [-0.1, -0.05) is 31.9 Å². The molecule has 0 aliphatic heterocycles. The highest BCUT2D eigenvalue weighted by Crippen LogP contribution is 2.23. The fraction of sp³-hybridized carbons (Fsp3) is 0.562. The van der Waals surface area contributed by atoms with E-state index in [1.165, 1.54) is 19.3 Å². The van der Waals surface area contributed by atoms with Gasteiger partial charge in [0.15, 0.2) is 0 Å². The number of nitrogens with zero attached hydrogens (tertiary/aromatic N) is 1. The third-order valence-electron chi connectivity index (χ3n) is 3.29. The molecule has 0 amide bonds. The maximum atomic E-state index is 9.09. The van der Waals surface area contributed by atoms with E-state index in [1.54, 1.807) is 0 Å². The van der Waals surface area contributed by atoms with Gasteiger partial charge in [-0.3, -0.25) is 0 Å². The van der Waals surface area contributed by atoms with Crippen molar-refractivity contribution >= 4 is 5.69 Å². The predicted molar refractivity (Wildman–Crippen MR) is 77.7 cm³/mol. The van der Waals surface area contributed by atoms with Crippen molar-refractivity contribution in [2.45, 2.75) is 58.4 Å². The van der Waals surface area contributed by atoms with Crippen LogP contribution in [0.3, 0.4) is 0 Å². The summed E-state index contributed by atoms with van der Waals surface area (Å²) in [6.45, 7) is 8.31. The molecule has 0 aliphatic rings. The van der Waals surface area contributed by atoms with Crippen molar-refractivity contribution in [2.75, 3.05) is 5.32 Å². The van der Waals surface area contributed by atoms with Crippen LogP contribution in [0.2, 0.25) is 0 Å². The molecule has 0 radical (unpaired) electrons. The Kier molecular flexibility index (Phi) is 5.22.